The Hall–Kier alpha value is -2.95. The molecule has 0 aliphatic heterocycles. The number of hydrogen-bond donors (Lipinski definition) is 1. The van der Waals surface area contributed by atoms with E-state index in [-0.39, 0.29) is 11.7 Å². The zero-order valence-electron chi connectivity index (χ0n) is 17.6. The fourth-order valence-electron chi connectivity index (χ4n) is 4.52. The number of aliphatic carboxylic acids is 1. The van der Waals surface area contributed by atoms with E-state index in [0.717, 1.165) is 16.7 Å². The highest BCUT2D eigenvalue weighted by atomic mass is 35.5. The number of ether oxygens (including phenoxy) is 1. The van der Waals surface area contributed by atoms with Crippen molar-refractivity contribution in [2.75, 3.05) is 6.61 Å². The molecule has 1 aliphatic carbocycles. The zero-order valence-corrected chi connectivity index (χ0v) is 18.4. The standard InChI is InChI=1S/C27H25ClO4/c28-23-13-10-20(11-14-23)19-6-8-21(9-7-19)26(29)24-15-12-22(25(24)27(30)31)17-32-16-18-4-2-1-3-5-18/h1-11,13-14,22,24-25H,12,15-17H2,(H,30,31)/t22-,24-,25?/m0/s1. The largest absolute Gasteiger partial charge is 0.481 e. The molecule has 1 aliphatic rings. The molecule has 3 aromatic rings. The van der Waals surface area contributed by atoms with Crippen molar-refractivity contribution in [3.63, 3.8) is 0 Å². The number of carboxylic acid groups (broad SMARTS) is 1. The summed E-state index contributed by atoms with van der Waals surface area (Å²) in [6.07, 6.45) is 1.24. The molecule has 0 amide bonds. The average Bonchev–Trinajstić information content (AvgIpc) is 3.24. The lowest BCUT2D eigenvalue weighted by Crippen LogP contribution is -2.31. The van der Waals surface area contributed by atoms with Crippen molar-refractivity contribution >= 4 is 23.4 Å². The number of carboxylic acids is 1. The monoisotopic (exact) mass is 448 g/mol. The first-order chi connectivity index (χ1) is 15.5. The van der Waals surface area contributed by atoms with Crippen LogP contribution >= 0.6 is 11.6 Å². The molecule has 3 aromatic carbocycles. The molecule has 1 N–H and O–H groups in total. The van der Waals surface area contributed by atoms with Crippen LogP contribution in [0.1, 0.15) is 28.8 Å². The lowest BCUT2D eigenvalue weighted by Gasteiger charge is -2.20. The van der Waals surface area contributed by atoms with Crippen molar-refractivity contribution in [2.45, 2.75) is 19.4 Å². The van der Waals surface area contributed by atoms with Crippen LogP contribution in [-0.2, 0) is 16.1 Å². The molecule has 32 heavy (non-hydrogen) atoms. The highest BCUT2D eigenvalue weighted by Crippen LogP contribution is 2.40. The van der Waals surface area contributed by atoms with Crippen LogP contribution in [-0.4, -0.2) is 23.5 Å². The number of rotatable bonds is 8. The summed E-state index contributed by atoms with van der Waals surface area (Å²) >= 11 is 5.95. The van der Waals surface area contributed by atoms with Crippen LogP contribution in [0.15, 0.2) is 78.9 Å². The second-order valence-corrected chi connectivity index (χ2v) is 8.69. The summed E-state index contributed by atoms with van der Waals surface area (Å²) < 4.78 is 5.81. The Morgan fingerprint density at radius 2 is 1.50 bits per heavy atom. The molecule has 1 unspecified atom stereocenters. The Labute approximate surface area is 192 Å². The van der Waals surface area contributed by atoms with Crippen LogP contribution in [0.4, 0.5) is 0 Å². The van der Waals surface area contributed by atoms with Gasteiger partial charge in [-0.2, -0.15) is 0 Å². The van der Waals surface area contributed by atoms with Gasteiger partial charge in [0.15, 0.2) is 5.78 Å². The van der Waals surface area contributed by atoms with Gasteiger partial charge in [0.2, 0.25) is 0 Å². The first kappa shape index (κ1) is 22.3. The molecule has 3 atom stereocenters. The Bertz CT molecular complexity index is 1060. The number of carbonyl (C=O) groups is 2. The molecular formula is C27H25ClO4. The molecule has 5 heteroatoms. The maximum Gasteiger partial charge on any atom is 0.307 e. The third-order valence-corrected chi connectivity index (χ3v) is 6.45. The summed E-state index contributed by atoms with van der Waals surface area (Å²) in [5.41, 5.74) is 3.58. The van der Waals surface area contributed by atoms with E-state index in [1.165, 1.54) is 0 Å². The zero-order chi connectivity index (χ0) is 22.5. The highest BCUT2D eigenvalue weighted by molar-refractivity contribution is 6.30. The van der Waals surface area contributed by atoms with Crippen molar-refractivity contribution in [2.24, 2.45) is 17.8 Å². The average molecular weight is 449 g/mol. The molecule has 0 saturated heterocycles. The lowest BCUT2D eigenvalue weighted by molar-refractivity contribution is -0.144. The summed E-state index contributed by atoms with van der Waals surface area (Å²) in [5.74, 6) is -2.45. The quantitative estimate of drug-likeness (QED) is 0.421. The van der Waals surface area contributed by atoms with Gasteiger partial charge in [-0.1, -0.05) is 78.3 Å². The first-order valence-corrected chi connectivity index (χ1v) is 11.2. The second kappa shape index (κ2) is 10.1. The van der Waals surface area contributed by atoms with Gasteiger partial charge in [-0.3, -0.25) is 9.59 Å². The molecule has 0 spiro atoms. The fourth-order valence-corrected chi connectivity index (χ4v) is 4.65. The number of carbonyl (C=O) groups excluding carboxylic acids is 1. The third kappa shape index (κ3) is 5.09. The summed E-state index contributed by atoms with van der Waals surface area (Å²) in [6, 6.07) is 24.6. The minimum atomic E-state index is -0.924. The summed E-state index contributed by atoms with van der Waals surface area (Å²) in [5, 5.41) is 10.5. The van der Waals surface area contributed by atoms with Crippen LogP contribution in [0.3, 0.4) is 0 Å². The Morgan fingerprint density at radius 1 is 0.875 bits per heavy atom. The predicted octanol–water partition coefficient (Wildman–Crippen LogP) is 6.13. The van der Waals surface area contributed by atoms with E-state index in [4.69, 9.17) is 16.3 Å². The molecule has 0 radical (unpaired) electrons. The van der Waals surface area contributed by atoms with Crippen molar-refractivity contribution in [3.05, 3.63) is 95.0 Å². The molecule has 0 heterocycles. The maximum absolute atomic E-state index is 13.2. The molecule has 1 fully saturated rings. The summed E-state index contributed by atoms with van der Waals surface area (Å²) in [7, 11) is 0. The van der Waals surface area contributed by atoms with Crippen molar-refractivity contribution in [1.82, 2.24) is 0 Å². The first-order valence-electron chi connectivity index (χ1n) is 10.8. The number of benzene rings is 3. The molecule has 4 nitrogen and oxygen atoms in total. The van der Waals surface area contributed by atoms with Crippen LogP contribution in [0.25, 0.3) is 11.1 Å². The molecule has 0 aromatic heterocycles. The molecule has 1 saturated carbocycles. The van der Waals surface area contributed by atoms with Crippen molar-refractivity contribution in [3.8, 4) is 11.1 Å². The van der Waals surface area contributed by atoms with Gasteiger partial charge >= 0.3 is 5.97 Å². The van der Waals surface area contributed by atoms with E-state index in [1.54, 1.807) is 12.1 Å². The molecule has 4 rings (SSSR count). The highest BCUT2D eigenvalue weighted by Gasteiger charge is 2.44. The van der Waals surface area contributed by atoms with Crippen LogP contribution in [0.5, 0.6) is 0 Å². The van der Waals surface area contributed by atoms with Gasteiger partial charge in [-0.05, 0) is 47.6 Å². The van der Waals surface area contributed by atoms with Crippen molar-refractivity contribution in [1.29, 1.82) is 0 Å². The number of hydrogen-bond acceptors (Lipinski definition) is 3. The summed E-state index contributed by atoms with van der Waals surface area (Å²) in [4.78, 5) is 25.2. The summed E-state index contributed by atoms with van der Waals surface area (Å²) in [6.45, 7) is 0.777. The molecular weight excluding hydrogens is 424 g/mol. The molecule has 0 bridgehead atoms. The van der Waals surface area contributed by atoms with E-state index >= 15 is 0 Å². The SMILES string of the molecule is O=C(O)C1[C@H](COCc2ccccc2)CC[C@@H]1C(=O)c1ccc(-c2ccc(Cl)cc2)cc1. The van der Waals surface area contributed by atoms with Crippen LogP contribution in [0, 0.1) is 17.8 Å². The number of halogens is 1. The van der Waals surface area contributed by atoms with Crippen LogP contribution < -0.4 is 0 Å². The Balaban J connectivity index is 1.42. The molecule has 164 valence electrons. The van der Waals surface area contributed by atoms with Crippen LogP contribution in [0.2, 0.25) is 5.02 Å². The third-order valence-electron chi connectivity index (χ3n) is 6.20. The van der Waals surface area contributed by atoms with Gasteiger partial charge in [-0.25, -0.2) is 0 Å². The van der Waals surface area contributed by atoms with Gasteiger partial charge < -0.3 is 9.84 Å². The maximum atomic E-state index is 13.2. The van der Waals surface area contributed by atoms with Gasteiger partial charge in [0.05, 0.1) is 19.1 Å². The van der Waals surface area contributed by atoms with E-state index in [2.05, 4.69) is 0 Å². The normalized spacial score (nSPS) is 20.2. The van der Waals surface area contributed by atoms with E-state index in [9.17, 15) is 14.7 Å². The van der Waals surface area contributed by atoms with Gasteiger partial charge in [0.1, 0.15) is 0 Å². The fraction of sp³-hybridized carbons (Fsp3) is 0.259. The van der Waals surface area contributed by atoms with Gasteiger partial charge in [0, 0.05) is 16.5 Å². The van der Waals surface area contributed by atoms with Gasteiger partial charge in [0.25, 0.3) is 0 Å². The number of ketones is 1. The van der Waals surface area contributed by atoms with E-state index in [0.29, 0.717) is 36.6 Å². The van der Waals surface area contributed by atoms with E-state index in [1.807, 2.05) is 66.7 Å². The second-order valence-electron chi connectivity index (χ2n) is 8.26. The smallest absolute Gasteiger partial charge is 0.307 e. The topological polar surface area (TPSA) is 63.6 Å². The Morgan fingerprint density at radius 3 is 2.12 bits per heavy atom. The van der Waals surface area contributed by atoms with E-state index < -0.39 is 17.8 Å². The number of Topliss-reactive ketones (excluding diaryl/α,β-unsaturated/α-hetero) is 1. The van der Waals surface area contributed by atoms with Crippen molar-refractivity contribution < 1.29 is 19.4 Å². The minimum Gasteiger partial charge on any atom is -0.481 e. The minimum absolute atomic E-state index is 0.106. The predicted molar refractivity (Wildman–Crippen MR) is 125 cm³/mol. The Kier molecular flexibility index (Phi) is 7.03. The van der Waals surface area contributed by atoms with Gasteiger partial charge in [-0.15, -0.1) is 0 Å². The lowest BCUT2D eigenvalue weighted by atomic mass is 9.84.